The molecular formula is C18H27N. The Kier molecular flexibility index (Phi) is 7.17. The first-order valence-electron chi connectivity index (χ1n) is 7.43. The summed E-state index contributed by atoms with van der Waals surface area (Å²) in [5, 5.41) is 0. The van der Waals surface area contributed by atoms with Crippen molar-refractivity contribution in [2.75, 3.05) is 0 Å². The van der Waals surface area contributed by atoms with E-state index in [-0.39, 0.29) is 0 Å². The maximum Gasteiger partial charge on any atom is 0.0467 e. The normalized spacial score (nSPS) is 15.2. The lowest BCUT2D eigenvalue weighted by molar-refractivity contribution is 0.617. The Bertz CT molecular complexity index is 417. The van der Waals surface area contributed by atoms with Gasteiger partial charge in [-0.25, -0.2) is 0 Å². The molecule has 0 aliphatic heterocycles. The first kappa shape index (κ1) is 15.7. The average Bonchev–Trinajstić information content (AvgIpc) is 2.43. The topological polar surface area (TPSA) is 12.4 Å². The molecule has 0 aliphatic carbocycles. The molecule has 0 N–H and O–H groups in total. The molecule has 2 unspecified atom stereocenters. The number of nitrogens with zero attached hydrogens (tertiary/aromatic N) is 1. The molecule has 1 aromatic carbocycles. The van der Waals surface area contributed by atoms with Crippen LogP contribution in [0.3, 0.4) is 0 Å². The molecular weight excluding hydrogens is 230 g/mol. The van der Waals surface area contributed by atoms with Gasteiger partial charge in [-0.15, -0.1) is 0 Å². The summed E-state index contributed by atoms with van der Waals surface area (Å²) in [5.41, 5.74) is 2.60. The molecule has 0 saturated carbocycles. The van der Waals surface area contributed by atoms with Crippen LogP contribution in [0.15, 0.2) is 35.3 Å². The van der Waals surface area contributed by atoms with Gasteiger partial charge in [0.05, 0.1) is 0 Å². The molecule has 0 heterocycles. The van der Waals surface area contributed by atoms with Crippen LogP contribution in [0.25, 0.3) is 6.08 Å². The smallest absolute Gasteiger partial charge is 0.0467 e. The van der Waals surface area contributed by atoms with Crippen molar-refractivity contribution in [2.45, 2.75) is 58.9 Å². The summed E-state index contributed by atoms with van der Waals surface area (Å²) in [6.45, 7) is 8.69. The largest absolute Gasteiger partial charge is 0.294 e. The van der Waals surface area contributed by atoms with E-state index in [9.17, 15) is 0 Å². The average molecular weight is 257 g/mol. The summed E-state index contributed by atoms with van der Waals surface area (Å²) in [6.07, 6.45) is 10.0. The first-order chi connectivity index (χ1) is 9.17. The minimum Gasteiger partial charge on any atom is -0.294 e. The molecule has 1 aromatic rings. The van der Waals surface area contributed by atoms with Crippen LogP contribution < -0.4 is 0 Å². The summed E-state index contributed by atoms with van der Waals surface area (Å²) in [5.74, 6) is 0.384. The van der Waals surface area contributed by atoms with Crippen molar-refractivity contribution < 1.29 is 0 Å². The van der Waals surface area contributed by atoms with Crippen LogP contribution in [0.5, 0.6) is 0 Å². The van der Waals surface area contributed by atoms with Crippen LogP contribution in [0.4, 0.5) is 0 Å². The van der Waals surface area contributed by atoms with Gasteiger partial charge in [0.15, 0.2) is 0 Å². The molecule has 104 valence electrons. The predicted octanol–water partition coefficient (Wildman–Crippen LogP) is 5.47. The molecule has 0 saturated heterocycles. The van der Waals surface area contributed by atoms with Gasteiger partial charge in [0.1, 0.15) is 0 Å². The lowest BCUT2D eigenvalue weighted by Crippen LogP contribution is -2.02. The molecule has 0 bridgehead atoms. The zero-order valence-corrected chi connectivity index (χ0v) is 12.8. The molecule has 1 heteroatoms. The molecule has 19 heavy (non-hydrogen) atoms. The van der Waals surface area contributed by atoms with E-state index < -0.39 is 0 Å². The van der Waals surface area contributed by atoms with Gasteiger partial charge in [0.25, 0.3) is 0 Å². The zero-order valence-electron chi connectivity index (χ0n) is 12.8. The summed E-state index contributed by atoms with van der Waals surface area (Å²) in [7, 11) is 0. The maximum absolute atomic E-state index is 4.67. The van der Waals surface area contributed by atoms with Gasteiger partial charge < -0.3 is 0 Å². The van der Waals surface area contributed by atoms with E-state index in [1.807, 2.05) is 6.92 Å². The lowest BCUT2D eigenvalue weighted by Gasteiger charge is -2.09. The number of hydrogen-bond donors (Lipinski definition) is 0. The van der Waals surface area contributed by atoms with Crippen molar-refractivity contribution in [3.8, 4) is 0 Å². The molecule has 1 rings (SSSR count). The summed E-state index contributed by atoms with van der Waals surface area (Å²) in [4.78, 5) is 4.67. The monoisotopic (exact) mass is 257 g/mol. The van der Waals surface area contributed by atoms with Crippen molar-refractivity contribution in [1.82, 2.24) is 0 Å². The van der Waals surface area contributed by atoms with Gasteiger partial charge in [-0.1, -0.05) is 63.1 Å². The standard InChI is InChI=1S/C18H27N/c1-5-7-10-16(4)19-14-15(3)18-12-8-11-17(13-18)9-6-2/h6,8-9,11-16H,5,7,10H2,1-4H3. The first-order valence-corrected chi connectivity index (χ1v) is 7.43. The summed E-state index contributed by atoms with van der Waals surface area (Å²) >= 11 is 0. The fourth-order valence-corrected chi connectivity index (χ4v) is 2.07. The Morgan fingerprint density at radius 1 is 1.26 bits per heavy atom. The molecule has 1 nitrogen and oxygen atoms in total. The number of hydrogen-bond acceptors (Lipinski definition) is 1. The van der Waals surface area contributed by atoms with E-state index >= 15 is 0 Å². The van der Waals surface area contributed by atoms with Gasteiger partial charge in [-0.2, -0.15) is 0 Å². The number of allylic oxidation sites excluding steroid dienone is 1. The molecule has 0 aromatic heterocycles. The highest BCUT2D eigenvalue weighted by Gasteiger charge is 2.03. The van der Waals surface area contributed by atoms with Crippen LogP contribution >= 0.6 is 0 Å². The van der Waals surface area contributed by atoms with Gasteiger partial charge in [0.2, 0.25) is 0 Å². The Balaban J connectivity index is 2.64. The van der Waals surface area contributed by atoms with Crippen molar-refractivity contribution in [3.05, 3.63) is 41.5 Å². The second-order valence-corrected chi connectivity index (χ2v) is 5.25. The van der Waals surface area contributed by atoms with Crippen LogP contribution in [-0.2, 0) is 0 Å². The highest BCUT2D eigenvalue weighted by Crippen LogP contribution is 2.16. The number of benzene rings is 1. The van der Waals surface area contributed by atoms with Gasteiger partial charge in [0, 0.05) is 18.2 Å². The quantitative estimate of drug-likeness (QED) is 0.574. The Morgan fingerprint density at radius 2 is 2.05 bits per heavy atom. The lowest BCUT2D eigenvalue weighted by atomic mass is 10.00. The Labute approximate surface area is 118 Å². The van der Waals surface area contributed by atoms with Crippen LogP contribution in [0.2, 0.25) is 0 Å². The third-order valence-electron chi connectivity index (χ3n) is 3.34. The third-order valence-corrected chi connectivity index (χ3v) is 3.34. The van der Waals surface area contributed by atoms with Crippen molar-refractivity contribution in [3.63, 3.8) is 0 Å². The molecule has 0 radical (unpaired) electrons. The second kappa shape index (κ2) is 8.68. The summed E-state index contributed by atoms with van der Waals surface area (Å²) < 4.78 is 0. The van der Waals surface area contributed by atoms with Crippen molar-refractivity contribution >= 4 is 12.3 Å². The summed E-state index contributed by atoms with van der Waals surface area (Å²) in [6, 6.07) is 9.13. The van der Waals surface area contributed by atoms with Crippen LogP contribution in [0.1, 0.15) is 64.0 Å². The van der Waals surface area contributed by atoms with Gasteiger partial charge in [-0.3, -0.25) is 4.99 Å². The maximum atomic E-state index is 4.67. The fraction of sp³-hybridized carbons (Fsp3) is 0.500. The highest BCUT2D eigenvalue weighted by molar-refractivity contribution is 5.68. The van der Waals surface area contributed by atoms with Crippen molar-refractivity contribution in [2.24, 2.45) is 4.99 Å². The Morgan fingerprint density at radius 3 is 2.74 bits per heavy atom. The predicted molar refractivity (Wildman–Crippen MR) is 87.0 cm³/mol. The molecule has 0 spiro atoms. The second-order valence-electron chi connectivity index (χ2n) is 5.25. The SMILES string of the molecule is CC=Cc1cccc(C(C)C=NC(C)CCCC)c1. The van der Waals surface area contributed by atoms with Crippen molar-refractivity contribution in [1.29, 1.82) is 0 Å². The van der Waals surface area contributed by atoms with E-state index in [1.54, 1.807) is 0 Å². The van der Waals surface area contributed by atoms with E-state index in [1.165, 1.54) is 30.4 Å². The van der Waals surface area contributed by atoms with Gasteiger partial charge in [-0.05, 0) is 31.4 Å². The van der Waals surface area contributed by atoms with E-state index in [0.29, 0.717) is 12.0 Å². The van der Waals surface area contributed by atoms with Gasteiger partial charge >= 0.3 is 0 Å². The third kappa shape index (κ3) is 5.87. The number of aliphatic imine (C=N–C) groups is 1. The zero-order chi connectivity index (χ0) is 14.1. The number of rotatable bonds is 7. The van der Waals surface area contributed by atoms with Crippen LogP contribution in [-0.4, -0.2) is 12.3 Å². The minimum absolute atomic E-state index is 0.384. The minimum atomic E-state index is 0.384. The van der Waals surface area contributed by atoms with E-state index in [0.717, 1.165) is 0 Å². The highest BCUT2D eigenvalue weighted by atomic mass is 14.8. The Hall–Kier alpha value is -1.37. The van der Waals surface area contributed by atoms with E-state index in [2.05, 4.69) is 68.4 Å². The fourth-order valence-electron chi connectivity index (χ4n) is 2.07. The van der Waals surface area contributed by atoms with E-state index in [4.69, 9.17) is 0 Å². The molecule has 0 amide bonds. The van der Waals surface area contributed by atoms with Crippen LogP contribution in [0, 0.1) is 0 Å². The number of unbranched alkanes of at least 4 members (excludes halogenated alkanes) is 1. The molecule has 2 atom stereocenters. The molecule has 0 aliphatic rings. The molecule has 0 fully saturated rings.